The fourth-order valence-corrected chi connectivity index (χ4v) is 2.47. The Balaban J connectivity index is 2.02. The second-order valence-electron chi connectivity index (χ2n) is 5.53. The van der Waals surface area contributed by atoms with E-state index in [1.165, 1.54) is 0 Å². The normalized spacial score (nSPS) is 25.8. The van der Waals surface area contributed by atoms with E-state index in [0.717, 1.165) is 32.0 Å². The third-order valence-electron chi connectivity index (χ3n) is 3.87. The Morgan fingerprint density at radius 3 is 2.94 bits per heavy atom. The SMILES string of the molecule is CCn1ncnc1CN1CC(C(C)C)NCC1C. The van der Waals surface area contributed by atoms with Gasteiger partial charge in [-0.3, -0.25) is 4.90 Å². The molecule has 2 rings (SSSR count). The highest BCUT2D eigenvalue weighted by atomic mass is 15.4. The van der Waals surface area contributed by atoms with Crippen LogP contribution in [0.25, 0.3) is 0 Å². The molecule has 1 N–H and O–H groups in total. The topological polar surface area (TPSA) is 46.0 Å². The van der Waals surface area contributed by atoms with Crippen molar-refractivity contribution in [2.45, 2.75) is 52.9 Å². The maximum atomic E-state index is 4.38. The van der Waals surface area contributed by atoms with Gasteiger partial charge in [-0.05, 0) is 19.8 Å². The molecule has 0 saturated carbocycles. The van der Waals surface area contributed by atoms with Crippen molar-refractivity contribution in [3.05, 3.63) is 12.2 Å². The van der Waals surface area contributed by atoms with E-state index in [2.05, 4.69) is 48.0 Å². The van der Waals surface area contributed by atoms with Crippen molar-refractivity contribution in [1.82, 2.24) is 25.0 Å². The quantitative estimate of drug-likeness (QED) is 0.871. The van der Waals surface area contributed by atoms with Crippen molar-refractivity contribution in [2.24, 2.45) is 5.92 Å². The molecule has 1 saturated heterocycles. The monoisotopic (exact) mass is 251 g/mol. The predicted molar refractivity (Wildman–Crippen MR) is 72.2 cm³/mol. The molecule has 18 heavy (non-hydrogen) atoms. The lowest BCUT2D eigenvalue weighted by atomic mass is 10.00. The zero-order chi connectivity index (χ0) is 13.1. The van der Waals surface area contributed by atoms with Crippen LogP contribution < -0.4 is 5.32 Å². The molecule has 5 heteroatoms. The standard InChI is InChI=1S/C13H25N5/c1-5-18-13(15-9-16-18)8-17-7-12(10(2)3)14-6-11(17)4/h9-12,14H,5-8H2,1-4H3. The first-order chi connectivity index (χ1) is 8.61. The molecular weight excluding hydrogens is 226 g/mol. The summed E-state index contributed by atoms with van der Waals surface area (Å²) in [6, 6.07) is 1.14. The van der Waals surface area contributed by atoms with Gasteiger partial charge in [0.1, 0.15) is 12.2 Å². The van der Waals surface area contributed by atoms with Crippen LogP contribution in [-0.2, 0) is 13.1 Å². The molecule has 0 spiro atoms. The minimum Gasteiger partial charge on any atom is -0.311 e. The molecule has 2 heterocycles. The van der Waals surface area contributed by atoms with Crippen LogP contribution in [0.4, 0.5) is 0 Å². The van der Waals surface area contributed by atoms with Crippen LogP contribution in [0.3, 0.4) is 0 Å². The summed E-state index contributed by atoms with van der Waals surface area (Å²) < 4.78 is 1.99. The zero-order valence-electron chi connectivity index (χ0n) is 11.9. The number of aromatic nitrogens is 3. The molecule has 1 aromatic heterocycles. The number of nitrogens with one attached hydrogen (secondary N) is 1. The van der Waals surface area contributed by atoms with E-state index in [1.807, 2.05) is 4.68 Å². The smallest absolute Gasteiger partial charge is 0.141 e. The third kappa shape index (κ3) is 2.90. The molecule has 2 atom stereocenters. The van der Waals surface area contributed by atoms with E-state index in [-0.39, 0.29) is 0 Å². The summed E-state index contributed by atoms with van der Waals surface area (Å²) in [5.41, 5.74) is 0. The Labute approximate surface area is 110 Å². The first-order valence-electron chi connectivity index (χ1n) is 6.96. The fraction of sp³-hybridized carbons (Fsp3) is 0.846. The molecule has 0 amide bonds. The van der Waals surface area contributed by atoms with Crippen molar-refractivity contribution in [1.29, 1.82) is 0 Å². The van der Waals surface area contributed by atoms with E-state index in [9.17, 15) is 0 Å². The lowest BCUT2D eigenvalue weighted by Gasteiger charge is -2.40. The molecule has 0 bridgehead atoms. The second-order valence-corrected chi connectivity index (χ2v) is 5.53. The van der Waals surface area contributed by atoms with Crippen molar-refractivity contribution in [3.63, 3.8) is 0 Å². The second kappa shape index (κ2) is 5.80. The summed E-state index contributed by atoms with van der Waals surface area (Å²) in [6.07, 6.45) is 1.66. The average molecular weight is 251 g/mol. The molecule has 2 unspecified atom stereocenters. The van der Waals surface area contributed by atoms with Crippen LogP contribution in [0.5, 0.6) is 0 Å². The van der Waals surface area contributed by atoms with Gasteiger partial charge in [-0.15, -0.1) is 0 Å². The Kier molecular flexibility index (Phi) is 4.35. The highest BCUT2D eigenvalue weighted by Gasteiger charge is 2.27. The lowest BCUT2D eigenvalue weighted by molar-refractivity contribution is 0.111. The molecule has 0 aromatic carbocycles. The summed E-state index contributed by atoms with van der Waals surface area (Å²) in [6.45, 7) is 12.9. The predicted octanol–water partition coefficient (Wildman–Crippen LogP) is 1.12. The molecule has 102 valence electrons. The van der Waals surface area contributed by atoms with E-state index in [1.54, 1.807) is 6.33 Å². The molecule has 0 radical (unpaired) electrons. The van der Waals surface area contributed by atoms with Gasteiger partial charge in [0, 0.05) is 31.7 Å². The fourth-order valence-electron chi connectivity index (χ4n) is 2.47. The molecule has 1 aliphatic rings. The van der Waals surface area contributed by atoms with Gasteiger partial charge in [-0.25, -0.2) is 9.67 Å². The van der Waals surface area contributed by atoms with E-state index < -0.39 is 0 Å². The number of hydrogen-bond acceptors (Lipinski definition) is 4. The molecule has 5 nitrogen and oxygen atoms in total. The highest BCUT2D eigenvalue weighted by Crippen LogP contribution is 2.15. The number of aryl methyl sites for hydroxylation is 1. The number of nitrogens with zero attached hydrogens (tertiary/aromatic N) is 4. The summed E-state index contributed by atoms with van der Waals surface area (Å²) in [4.78, 5) is 6.89. The van der Waals surface area contributed by atoms with Gasteiger partial charge in [0.05, 0.1) is 6.54 Å². The third-order valence-corrected chi connectivity index (χ3v) is 3.87. The largest absolute Gasteiger partial charge is 0.311 e. The summed E-state index contributed by atoms with van der Waals surface area (Å²) in [7, 11) is 0. The maximum Gasteiger partial charge on any atom is 0.141 e. The van der Waals surface area contributed by atoms with Crippen molar-refractivity contribution >= 4 is 0 Å². The molecular formula is C13H25N5. The Bertz CT molecular complexity index is 373. The first kappa shape index (κ1) is 13.5. The van der Waals surface area contributed by atoms with Crippen molar-refractivity contribution < 1.29 is 0 Å². The summed E-state index contributed by atoms with van der Waals surface area (Å²) in [5.74, 6) is 1.75. The van der Waals surface area contributed by atoms with Gasteiger partial charge in [-0.1, -0.05) is 13.8 Å². The van der Waals surface area contributed by atoms with Crippen molar-refractivity contribution in [3.8, 4) is 0 Å². The van der Waals surface area contributed by atoms with Crippen LogP contribution in [0.15, 0.2) is 6.33 Å². The van der Waals surface area contributed by atoms with Crippen LogP contribution >= 0.6 is 0 Å². The molecule has 1 fully saturated rings. The van der Waals surface area contributed by atoms with Gasteiger partial charge in [0.25, 0.3) is 0 Å². The number of rotatable bonds is 4. The van der Waals surface area contributed by atoms with Crippen LogP contribution in [0, 0.1) is 5.92 Å². The molecule has 0 aliphatic carbocycles. The van der Waals surface area contributed by atoms with Gasteiger partial charge < -0.3 is 5.32 Å². The average Bonchev–Trinajstić information content (AvgIpc) is 2.79. The van der Waals surface area contributed by atoms with Gasteiger partial charge in [0.15, 0.2) is 0 Å². The first-order valence-corrected chi connectivity index (χ1v) is 6.96. The van der Waals surface area contributed by atoms with Gasteiger partial charge >= 0.3 is 0 Å². The van der Waals surface area contributed by atoms with Crippen LogP contribution in [-0.4, -0.2) is 44.8 Å². The van der Waals surface area contributed by atoms with E-state index >= 15 is 0 Å². The van der Waals surface area contributed by atoms with Gasteiger partial charge in [-0.2, -0.15) is 5.10 Å². The minimum absolute atomic E-state index is 0.557. The highest BCUT2D eigenvalue weighted by molar-refractivity contribution is 4.91. The minimum atomic E-state index is 0.557. The Morgan fingerprint density at radius 2 is 2.28 bits per heavy atom. The molecule has 1 aromatic rings. The van der Waals surface area contributed by atoms with Crippen molar-refractivity contribution in [2.75, 3.05) is 13.1 Å². The maximum absolute atomic E-state index is 4.38. The Morgan fingerprint density at radius 1 is 1.50 bits per heavy atom. The summed E-state index contributed by atoms with van der Waals surface area (Å²) >= 11 is 0. The van der Waals surface area contributed by atoms with Crippen LogP contribution in [0.2, 0.25) is 0 Å². The number of piperazine rings is 1. The number of hydrogen-bond donors (Lipinski definition) is 1. The molecule has 1 aliphatic heterocycles. The Hall–Kier alpha value is -0.940. The van der Waals surface area contributed by atoms with E-state index in [0.29, 0.717) is 18.0 Å². The zero-order valence-corrected chi connectivity index (χ0v) is 11.9. The van der Waals surface area contributed by atoms with E-state index in [4.69, 9.17) is 0 Å². The summed E-state index contributed by atoms with van der Waals surface area (Å²) in [5, 5.41) is 7.86. The van der Waals surface area contributed by atoms with Gasteiger partial charge in [0.2, 0.25) is 0 Å². The van der Waals surface area contributed by atoms with Crippen LogP contribution in [0.1, 0.15) is 33.5 Å². The lowest BCUT2D eigenvalue weighted by Crippen LogP contribution is -2.56.